The lowest BCUT2D eigenvalue weighted by Gasteiger charge is -2.28. The summed E-state index contributed by atoms with van der Waals surface area (Å²) < 4.78 is 0. The number of carbonyl (C=O) groups is 1. The lowest BCUT2D eigenvalue weighted by atomic mass is 9.96. The lowest BCUT2D eigenvalue weighted by molar-refractivity contribution is -0.117. The zero-order chi connectivity index (χ0) is 14.7. The van der Waals surface area contributed by atoms with Gasteiger partial charge in [0.1, 0.15) is 0 Å². The van der Waals surface area contributed by atoms with Crippen LogP contribution in [0.1, 0.15) is 38.5 Å². The first-order valence-corrected chi connectivity index (χ1v) is 8.12. The van der Waals surface area contributed by atoms with Gasteiger partial charge in [-0.1, -0.05) is 12.8 Å². The van der Waals surface area contributed by atoms with Crippen LogP contribution in [0.25, 0.3) is 0 Å². The van der Waals surface area contributed by atoms with E-state index in [1.54, 1.807) is 0 Å². The van der Waals surface area contributed by atoms with Crippen LogP contribution >= 0.6 is 0 Å². The number of rotatable bonds is 4. The number of nitrogens with two attached hydrogens (primary N) is 1. The number of amides is 1. The molecule has 2 aliphatic rings. The molecule has 1 aliphatic carbocycles. The van der Waals surface area contributed by atoms with Gasteiger partial charge in [0.2, 0.25) is 5.91 Å². The van der Waals surface area contributed by atoms with Crippen molar-refractivity contribution in [3.05, 3.63) is 24.3 Å². The maximum atomic E-state index is 12.2. The SMILES string of the molecule is Nc1ccc(NC(=O)CN2CCCC2C2CCCC2)cc1. The summed E-state index contributed by atoms with van der Waals surface area (Å²) in [5.74, 6) is 0.904. The van der Waals surface area contributed by atoms with Gasteiger partial charge in [0.05, 0.1) is 6.54 Å². The van der Waals surface area contributed by atoms with Gasteiger partial charge in [0, 0.05) is 17.4 Å². The van der Waals surface area contributed by atoms with Gasteiger partial charge in [0.15, 0.2) is 0 Å². The van der Waals surface area contributed by atoms with Gasteiger partial charge in [-0.25, -0.2) is 0 Å². The third kappa shape index (κ3) is 3.56. The van der Waals surface area contributed by atoms with E-state index in [9.17, 15) is 4.79 Å². The fraction of sp³-hybridized carbons (Fsp3) is 0.588. The summed E-state index contributed by atoms with van der Waals surface area (Å²) in [7, 11) is 0. The molecule has 0 aromatic heterocycles. The molecule has 0 radical (unpaired) electrons. The quantitative estimate of drug-likeness (QED) is 0.837. The second-order valence-electron chi connectivity index (χ2n) is 6.39. The molecule has 0 spiro atoms. The Morgan fingerprint density at radius 1 is 1.14 bits per heavy atom. The topological polar surface area (TPSA) is 58.4 Å². The monoisotopic (exact) mass is 287 g/mol. The first-order chi connectivity index (χ1) is 10.2. The highest BCUT2D eigenvalue weighted by Crippen LogP contribution is 2.35. The molecule has 0 bridgehead atoms. The van der Waals surface area contributed by atoms with Gasteiger partial charge in [0.25, 0.3) is 0 Å². The van der Waals surface area contributed by atoms with Gasteiger partial charge < -0.3 is 11.1 Å². The van der Waals surface area contributed by atoms with Crippen molar-refractivity contribution in [1.82, 2.24) is 4.90 Å². The molecular formula is C17H25N3O. The molecular weight excluding hydrogens is 262 g/mol. The zero-order valence-electron chi connectivity index (χ0n) is 12.6. The minimum absolute atomic E-state index is 0.0877. The molecule has 21 heavy (non-hydrogen) atoms. The van der Waals surface area contributed by atoms with Crippen LogP contribution in [-0.4, -0.2) is 29.9 Å². The lowest BCUT2D eigenvalue weighted by Crippen LogP contribution is -2.40. The predicted octanol–water partition coefficient (Wildman–Crippen LogP) is 2.86. The average Bonchev–Trinajstić information content (AvgIpc) is 3.11. The normalized spacial score (nSPS) is 23.5. The summed E-state index contributed by atoms with van der Waals surface area (Å²) in [4.78, 5) is 14.6. The zero-order valence-corrected chi connectivity index (χ0v) is 12.6. The van der Waals surface area contributed by atoms with Gasteiger partial charge in [-0.15, -0.1) is 0 Å². The summed E-state index contributed by atoms with van der Waals surface area (Å²) in [6.45, 7) is 1.59. The number of hydrogen-bond donors (Lipinski definition) is 2. The maximum Gasteiger partial charge on any atom is 0.238 e. The number of anilines is 2. The Kier molecular flexibility index (Phi) is 4.44. The number of nitrogen functional groups attached to an aromatic ring is 1. The summed E-state index contributed by atoms with van der Waals surface area (Å²) in [6.07, 6.45) is 7.93. The highest BCUT2D eigenvalue weighted by atomic mass is 16.2. The minimum Gasteiger partial charge on any atom is -0.399 e. The van der Waals surface area contributed by atoms with E-state index in [1.807, 2.05) is 24.3 Å². The van der Waals surface area contributed by atoms with Gasteiger partial charge in [-0.05, 0) is 62.4 Å². The van der Waals surface area contributed by atoms with Crippen LogP contribution in [0.5, 0.6) is 0 Å². The van der Waals surface area contributed by atoms with Crippen molar-refractivity contribution in [3.8, 4) is 0 Å². The molecule has 1 aliphatic heterocycles. The minimum atomic E-state index is 0.0877. The first kappa shape index (κ1) is 14.4. The van der Waals surface area contributed by atoms with E-state index in [2.05, 4.69) is 10.2 Å². The van der Waals surface area contributed by atoms with E-state index in [4.69, 9.17) is 5.73 Å². The second kappa shape index (κ2) is 6.48. The van der Waals surface area contributed by atoms with Gasteiger partial charge >= 0.3 is 0 Å². The van der Waals surface area contributed by atoms with E-state index >= 15 is 0 Å². The van der Waals surface area contributed by atoms with Crippen molar-refractivity contribution >= 4 is 17.3 Å². The molecule has 1 aromatic carbocycles. The highest BCUT2D eigenvalue weighted by molar-refractivity contribution is 5.92. The van der Waals surface area contributed by atoms with Crippen LogP contribution in [0.4, 0.5) is 11.4 Å². The molecule has 4 nitrogen and oxygen atoms in total. The smallest absolute Gasteiger partial charge is 0.238 e. The Balaban J connectivity index is 1.54. The van der Waals surface area contributed by atoms with Crippen molar-refractivity contribution in [2.24, 2.45) is 5.92 Å². The number of benzene rings is 1. The summed E-state index contributed by atoms with van der Waals surface area (Å²) >= 11 is 0. The summed E-state index contributed by atoms with van der Waals surface area (Å²) in [6, 6.07) is 7.96. The third-order valence-electron chi connectivity index (χ3n) is 4.90. The van der Waals surface area contributed by atoms with Crippen LogP contribution in [0, 0.1) is 5.92 Å². The van der Waals surface area contributed by atoms with E-state index in [0.717, 1.165) is 18.2 Å². The fourth-order valence-electron chi connectivity index (χ4n) is 3.88. The molecule has 3 rings (SSSR count). The van der Waals surface area contributed by atoms with Crippen molar-refractivity contribution in [2.75, 3.05) is 24.1 Å². The first-order valence-electron chi connectivity index (χ1n) is 8.12. The number of likely N-dealkylation sites (tertiary alicyclic amines) is 1. The van der Waals surface area contributed by atoms with Gasteiger partial charge in [-0.2, -0.15) is 0 Å². The van der Waals surface area contributed by atoms with E-state index in [-0.39, 0.29) is 5.91 Å². The van der Waals surface area contributed by atoms with Crippen molar-refractivity contribution < 1.29 is 4.79 Å². The number of nitrogens with zero attached hydrogens (tertiary/aromatic N) is 1. The van der Waals surface area contributed by atoms with Crippen LogP contribution in [0.3, 0.4) is 0 Å². The molecule has 114 valence electrons. The Morgan fingerprint density at radius 3 is 2.57 bits per heavy atom. The second-order valence-corrected chi connectivity index (χ2v) is 6.39. The summed E-state index contributed by atoms with van der Waals surface area (Å²) in [5.41, 5.74) is 7.20. The molecule has 2 fully saturated rings. The Labute approximate surface area is 126 Å². The molecule has 1 saturated heterocycles. The number of nitrogens with one attached hydrogen (secondary N) is 1. The fourth-order valence-corrected chi connectivity index (χ4v) is 3.88. The Bertz CT molecular complexity index is 479. The molecule has 1 unspecified atom stereocenters. The summed E-state index contributed by atoms with van der Waals surface area (Å²) in [5, 5.41) is 2.97. The molecule has 1 heterocycles. The largest absolute Gasteiger partial charge is 0.399 e. The van der Waals surface area contributed by atoms with Crippen LogP contribution in [0.15, 0.2) is 24.3 Å². The van der Waals surface area contributed by atoms with E-state index < -0.39 is 0 Å². The number of carbonyl (C=O) groups excluding carboxylic acids is 1. The van der Waals surface area contributed by atoms with Crippen molar-refractivity contribution in [1.29, 1.82) is 0 Å². The predicted molar refractivity (Wildman–Crippen MR) is 86.0 cm³/mol. The average molecular weight is 287 g/mol. The molecule has 1 amide bonds. The van der Waals surface area contributed by atoms with Crippen LogP contribution in [-0.2, 0) is 4.79 Å². The van der Waals surface area contributed by atoms with Crippen LogP contribution < -0.4 is 11.1 Å². The molecule has 1 aromatic rings. The van der Waals surface area contributed by atoms with Gasteiger partial charge in [-0.3, -0.25) is 9.69 Å². The molecule has 4 heteroatoms. The van der Waals surface area contributed by atoms with Crippen molar-refractivity contribution in [3.63, 3.8) is 0 Å². The highest BCUT2D eigenvalue weighted by Gasteiger charge is 2.33. The standard InChI is InChI=1S/C17H25N3O/c18-14-7-9-15(10-8-14)19-17(21)12-20-11-3-6-16(20)13-4-1-2-5-13/h7-10,13,16H,1-6,11-12,18H2,(H,19,21). The third-order valence-corrected chi connectivity index (χ3v) is 4.90. The van der Waals surface area contributed by atoms with E-state index in [1.165, 1.54) is 38.5 Å². The van der Waals surface area contributed by atoms with Crippen molar-refractivity contribution in [2.45, 2.75) is 44.6 Å². The molecule has 1 atom stereocenters. The Hall–Kier alpha value is -1.55. The maximum absolute atomic E-state index is 12.2. The number of hydrogen-bond acceptors (Lipinski definition) is 3. The van der Waals surface area contributed by atoms with Crippen LogP contribution in [0.2, 0.25) is 0 Å². The van der Waals surface area contributed by atoms with E-state index in [0.29, 0.717) is 18.3 Å². The molecule has 1 saturated carbocycles. The Morgan fingerprint density at radius 2 is 1.86 bits per heavy atom. The molecule has 3 N–H and O–H groups in total.